The van der Waals surface area contributed by atoms with Gasteiger partial charge in [0, 0.05) is 25.4 Å². The Morgan fingerprint density at radius 1 is 1.24 bits per heavy atom. The number of halogens is 1. The van der Waals surface area contributed by atoms with Gasteiger partial charge in [-0.3, -0.25) is 9.59 Å². The fraction of sp³-hybridized carbons (Fsp3) is 0.250. The van der Waals surface area contributed by atoms with Crippen LogP contribution in [0.5, 0.6) is 0 Å². The zero-order valence-electron chi connectivity index (χ0n) is 13.1. The molecule has 9 heteroatoms. The van der Waals surface area contributed by atoms with Crippen LogP contribution in [-0.2, 0) is 11.3 Å². The molecule has 25 heavy (non-hydrogen) atoms. The molecule has 3 heterocycles. The van der Waals surface area contributed by atoms with E-state index in [2.05, 4.69) is 15.4 Å². The number of rotatable bonds is 4. The average molecular weight is 359 g/mol. The smallest absolute Gasteiger partial charge is 0.275 e. The number of hydrogen-bond donors (Lipinski definition) is 1. The van der Waals surface area contributed by atoms with Crippen LogP contribution in [0.25, 0.3) is 4.96 Å². The first-order valence-corrected chi connectivity index (χ1v) is 8.56. The second-order valence-corrected chi connectivity index (χ2v) is 6.71. The Morgan fingerprint density at radius 2 is 2.04 bits per heavy atom. The molecule has 1 unspecified atom stereocenters. The number of hydrogen-bond acceptors (Lipinski definition) is 6. The van der Waals surface area contributed by atoms with Crippen LogP contribution in [0.3, 0.4) is 0 Å². The molecule has 1 fully saturated rings. The molecule has 1 saturated heterocycles. The van der Waals surface area contributed by atoms with Gasteiger partial charge in [-0.1, -0.05) is 23.5 Å². The van der Waals surface area contributed by atoms with Crippen molar-refractivity contribution in [3.05, 3.63) is 58.3 Å². The molecular formula is C16H14FN5O2S. The lowest BCUT2D eigenvalue weighted by Gasteiger charge is -2.17. The topological polar surface area (TPSA) is 79.6 Å². The van der Waals surface area contributed by atoms with Crippen LogP contribution < -0.4 is 10.9 Å². The predicted octanol–water partition coefficient (Wildman–Crippen LogP) is 1.50. The third kappa shape index (κ3) is 3.10. The van der Waals surface area contributed by atoms with Crippen molar-refractivity contribution >= 4 is 27.3 Å². The van der Waals surface area contributed by atoms with Gasteiger partial charge in [0.15, 0.2) is 0 Å². The lowest BCUT2D eigenvalue weighted by molar-refractivity contribution is -0.128. The SMILES string of the molecule is O=C1C(Nc2nn3c(=O)ccnc3s2)CCN1Cc1ccc(F)cc1. The van der Waals surface area contributed by atoms with Crippen LogP contribution in [0.15, 0.2) is 41.3 Å². The number of nitrogens with zero attached hydrogens (tertiary/aromatic N) is 4. The number of fused-ring (bicyclic) bond motifs is 1. The normalized spacial score (nSPS) is 17.4. The van der Waals surface area contributed by atoms with E-state index in [1.807, 2.05) is 0 Å². The minimum Gasteiger partial charge on any atom is -0.348 e. The van der Waals surface area contributed by atoms with Gasteiger partial charge in [0.05, 0.1) is 0 Å². The lowest BCUT2D eigenvalue weighted by atomic mass is 10.2. The number of amides is 1. The molecule has 1 aliphatic heterocycles. The van der Waals surface area contributed by atoms with Crippen LogP contribution in [0.4, 0.5) is 9.52 Å². The van der Waals surface area contributed by atoms with Gasteiger partial charge in [-0.15, -0.1) is 5.10 Å². The molecule has 128 valence electrons. The van der Waals surface area contributed by atoms with Crippen LogP contribution in [0.2, 0.25) is 0 Å². The molecule has 0 radical (unpaired) electrons. The van der Waals surface area contributed by atoms with Gasteiger partial charge in [-0.25, -0.2) is 9.37 Å². The van der Waals surface area contributed by atoms with Crippen molar-refractivity contribution in [1.82, 2.24) is 19.5 Å². The Balaban J connectivity index is 1.46. The van der Waals surface area contributed by atoms with Crippen molar-refractivity contribution in [2.45, 2.75) is 19.0 Å². The molecular weight excluding hydrogens is 345 g/mol. The summed E-state index contributed by atoms with van der Waals surface area (Å²) in [5, 5.41) is 7.74. The first-order valence-electron chi connectivity index (χ1n) is 7.75. The molecule has 7 nitrogen and oxygen atoms in total. The number of nitrogens with one attached hydrogen (secondary N) is 1. The molecule has 3 aromatic rings. The van der Waals surface area contributed by atoms with E-state index in [1.165, 1.54) is 40.2 Å². The van der Waals surface area contributed by atoms with Gasteiger partial charge in [0.2, 0.25) is 16.0 Å². The predicted molar refractivity (Wildman–Crippen MR) is 91.0 cm³/mol. The zero-order chi connectivity index (χ0) is 17.4. The molecule has 1 aliphatic rings. The number of benzene rings is 1. The summed E-state index contributed by atoms with van der Waals surface area (Å²) < 4.78 is 14.2. The number of carbonyl (C=O) groups excluding carboxylic acids is 1. The number of carbonyl (C=O) groups is 1. The van der Waals surface area contributed by atoms with Gasteiger partial charge in [-0.05, 0) is 24.1 Å². The van der Waals surface area contributed by atoms with Crippen molar-refractivity contribution < 1.29 is 9.18 Å². The fourth-order valence-corrected chi connectivity index (χ4v) is 3.62. The minimum absolute atomic E-state index is 0.0381. The van der Waals surface area contributed by atoms with E-state index in [-0.39, 0.29) is 17.3 Å². The van der Waals surface area contributed by atoms with Gasteiger partial charge < -0.3 is 10.2 Å². The molecule has 2 aromatic heterocycles. The van der Waals surface area contributed by atoms with E-state index >= 15 is 0 Å². The molecule has 1 N–H and O–H groups in total. The second-order valence-electron chi connectivity index (χ2n) is 5.76. The summed E-state index contributed by atoms with van der Waals surface area (Å²) in [5.41, 5.74) is 0.621. The quantitative estimate of drug-likeness (QED) is 0.764. The van der Waals surface area contributed by atoms with Gasteiger partial charge >= 0.3 is 0 Å². The molecule has 4 rings (SSSR count). The molecule has 1 aromatic carbocycles. The van der Waals surface area contributed by atoms with Crippen LogP contribution in [0.1, 0.15) is 12.0 Å². The Morgan fingerprint density at radius 3 is 2.80 bits per heavy atom. The Hall–Kier alpha value is -2.81. The van der Waals surface area contributed by atoms with Crippen LogP contribution in [-0.4, -0.2) is 38.0 Å². The van der Waals surface area contributed by atoms with Crippen molar-refractivity contribution in [2.75, 3.05) is 11.9 Å². The van der Waals surface area contributed by atoms with Crippen molar-refractivity contribution in [1.29, 1.82) is 0 Å². The van der Waals surface area contributed by atoms with Crippen molar-refractivity contribution in [2.24, 2.45) is 0 Å². The summed E-state index contributed by atoms with van der Waals surface area (Å²) in [4.78, 5) is 30.5. The van der Waals surface area contributed by atoms with Crippen molar-refractivity contribution in [3.8, 4) is 0 Å². The highest BCUT2D eigenvalue weighted by molar-refractivity contribution is 7.20. The van der Waals surface area contributed by atoms with Gasteiger partial charge in [-0.2, -0.15) is 4.52 Å². The lowest BCUT2D eigenvalue weighted by Crippen LogP contribution is -2.33. The highest BCUT2D eigenvalue weighted by Crippen LogP contribution is 2.22. The first kappa shape index (κ1) is 15.7. The molecule has 1 atom stereocenters. The Bertz CT molecular complexity index is 984. The number of aromatic nitrogens is 3. The minimum atomic E-state index is -0.392. The molecule has 0 aliphatic carbocycles. The van der Waals surface area contributed by atoms with E-state index in [0.717, 1.165) is 5.56 Å². The highest BCUT2D eigenvalue weighted by atomic mass is 32.1. The highest BCUT2D eigenvalue weighted by Gasteiger charge is 2.32. The zero-order valence-corrected chi connectivity index (χ0v) is 13.9. The molecule has 1 amide bonds. The fourth-order valence-electron chi connectivity index (χ4n) is 2.79. The van der Waals surface area contributed by atoms with Gasteiger partial charge in [0.25, 0.3) is 5.56 Å². The van der Waals surface area contributed by atoms with E-state index in [4.69, 9.17) is 0 Å². The van der Waals surface area contributed by atoms with E-state index in [0.29, 0.717) is 29.6 Å². The number of anilines is 1. The maximum Gasteiger partial charge on any atom is 0.275 e. The third-order valence-corrected chi connectivity index (χ3v) is 4.91. The third-order valence-electron chi connectivity index (χ3n) is 4.05. The molecule has 0 spiro atoms. The standard InChI is InChI=1S/C16H14FN5O2S/c17-11-3-1-10(2-4-11)9-21-8-6-12(14(21)24)19-15-20-22-13(23)5-7-18-16(22)25-15/h1-5,7,12H,6,8-9H2,(H,19,20). The summed E-state index contributed by atoms with van der Waals surface area (Å²) in [6, 6.07) is 7.07. The average Bonchev–Trinajstić information content (AvgIpc) is 3.16. The summed E-state index contributed by atoms with van der Waals surface area (Å²) in [6.45, 7) is 1.05. The van der Waals surface area contributed by atoms with Crippen LogP contribution in [0, 0.1) is 5.82 Å². The summed E-state index contributed by atoms with van der Waals surface area (Å²) in [5.74, 6) is -0.334. The maximum absolute atomic E-state index is 13.0. The Labute approximate surface area is 145 Å². The Kier molecular flexibility index (Phi) is 3.92. The summed E-state index contributed by atoms with van der Waals surface area (Å²) in [7, 11) is 0. The number of likely N-dealkylation sites (tertiary alicyclic amines) is 1. The molecule has 0 saturated carbocycles. The van der Waals surface area contributed by atoms with Gasteiger partial charge in [0.1, 0.15) is 11.9 Å². The second kappa shape index (κ2) is 6.25. The molecule has 0 bridgehead atoms. The summed E-state index contributed by atoms with van der Waals surface area (Å²) >= 11 is 1.22. The summed E-state index contributed by atoms with van der Waals surface area (Å²) in [6.07, 6.45) is 2.07. The van der Waals surface area contributed by atoms with E-state index in [1.54, 1.807) is 17.0 Å². The first-order chi connectivity index (χ1) is 12.1. The maximum atomic E-state index is 13.0. The monoisotopic (exact) mass is 359 g/mol. The van der Waals surface area contributed by atoms with E-state index in [9.17, 15) is 14.0 Å². The van der Waals surface area contributed by atoms with Crippen molar-refractivity contribution in [3.63, 3.8) is 0 Å². The van der Waals surface area contributed by atoms with Crippen LogP contribution >= 0.6 is 11.3 Å². The van der Waals surface area contributed by atoms with E-state index < -0.39 is 6.04 Å². The largest absolute Gasteiger partial charge is 0.348 e.